The van der Waals surface area contributed by atoms with Crippen LogP contribution >= 0.6 is 0 Å². The Morgan fingerprint density at radius 2 is 1.88 bits per heavy atom. The Balaban J connectivity index is 1.49. The zero-order valence-corrected chi connectivity index (χ0v) is 20.3. The predicted molar refractivity (Wildman–Crippen MR) is 127 cm³/mol. The molecule has 1 saturated heterocycles. The van der Waals surface area contributed by atoms with E-state index in [1.165, 1.54) is 0 Å². The van der Waals surface area contributed by atoms with Crippen LogP contribution in [0.2, 0.25) is 0 Å². The quantitative estimate of drug-likeness (QED) is 0.701. The highest BCUT2D eigenvalue weighted by atomic mass is 16.5. The standard InChI is InChI=1S/C27H35NO5/c1-18(2)32-24-17-27(33-22-9-7-6-8-20(22)24)12-14-28(15-13-27)25(29)19-10-11-21(26(3,4)30)23(16-19)31-5/h6-11,16,18,24,30H,12-15,17H2,1-5H3/t24-/m0/s1. The topological polar surface area (TPSA) is 68.2 Å². The van der Waals surface area contributed by atoms with Crippen LogP contribution in [0.3, 0.4) is 0 Å². The maximum absolute atomic E-state index is 13.3. The van der Waals surface area contributed by atoms with E-state index in [4.69, 9.17) is 14.2 Å². The molecular formula is C27H35NO5. The molecule has 2 aliphatic heterocycles. The second-order valence-electron chi connectivity index (χ2n) is 9.97. The summed E-state index contributed by atoms with van der Waals surface area (Å²) in [4.78, 5) is 15.1. The van der Waals surface area contributed by atoms with Crippen molar-refractivity contribution in [2.45, 2.75) is 70.4 Å². The Kier molecular flexibility index (Phi) is 6.43. The van der Waals surface area contributed by atoms with E-state index < -0.39 is 5.60 Å². The van der Waals surface area contributed by atoms with Gasteiger partial charge >= 0.3 is 0 Å². The summed E-state index contributed by atoms with van der Waals surface area (Å²) in [6, 6.07) is 13.4. The van der Waals surface area contributed by atoms with E-state index in [-0.39, 0.29) is 23.7 Å². The third-order valence-electron chi connectivity index (χ3n) is 6.66. The van der Waals surface area contributed by atoms with Crippen LogP contribution < -0.4 is 9.47 Å². The summed E-state index contributed by atoms with van der Waals surface area (Å²) in [5, 5.41) is 10.4. The molecule has 0 saturated carbocycles. The van der Waals surface area contributed by atoms with E-state index in [9.17, 15) is 9.90 Å². The van der Waals surface area contributed by atoms with Crippen molar-refractivity contribution in [2.24, 2.45) is 0 Å². The van der Waals surface area contributed by atoms with Gasteiger partial charge in [0, 0.05) is 49.0 Å². The SMILES string of the molecule is COc1cc(C(=O)N2CCC3(CC2)C[C@H](OC(C)C)c2ccccc2O3)ccc1C(C)(C)O. The molecule has 0 unspecified atom stereocenters. The van der Waals surface area contributed by atoms with Crippen LogP contribution in [0.4, 0.5) is 0 Å². The molecule has 1 spiro atoms. The molecular weight excluding hydrogens is 418 g/mol. The molecule has 33 heavy (non-hydrogen) atoms. The number of fused-ring (bicyclic) bond motifs is 1. The first-order valence-electron chi connectivity index (χ1n) is 11.8. The number of rotatable bonds is 5. The lowest BCUT2D eigenvalue weighted by Gasteiger charge is -2.47. The Hall–Kier alpha value is -2.57. The molecule has 2 heterocycles. The fourth-order valence-corrected chi connectivity index (χ4v) is 4.95. The molecule has 4 rings (SSSR count). The number of hydrogen-bond donors (Lipinski definition) is 1. The van der Waals surface area contributed by atoms with E-state index in [0.717, 1.165) is 30.6 Å². The number of carbonyl (C=O) groups is 1. The number of nitrogens with zero attached hydrogens (tertiary/aromatic N) is 1. The molecule has 1 fully saturated rings. The highest BCUT2D eigenvalue weighted by Crippen LogP contribution is 2.46. The molecule has 1 N–H and O–H groups in total. The Morgan fingerprint density at radius 3 is 2.52 bits per heavy atom. The van der Waals surface area contributed by atoms with Crippen molar-refractivity contribution in [3.8, 4) is 11.5 Å². The lowest BCUT2D eigenvalue weighted by atomic mass is 9.81. The number of methoxy groups -OCH3 is 1. The van der Waals surface area contributed by atoms with Crippen LogP contribution in [-0.4, -0.2) is 47.8 Å². The highest BCUT2D eigenvalue weighted by molar-refractivity contribution is 5.95. The number of likely N-dealkylation sites (tertiary alicyclic amines) is 1. The molecule has 178 valence electrons. The van der Waals surface area contributed by atoms with E-state index >= 15 is 0 Å². The molecule has 2 aromatic rings. The van der Waals surface area contributed by atoms with Crippen LogP contribution in [0.15, 0.2) is 42.5 Å². The van der Waals surface area contributed by atoms with E-state index in [1.807, 2.05) is 23.1 Å². The second-order valence-corrected chi connectivity index (χ2v) is 9.97. The van der Waals surface area contributed by atoms with Gasteiger partial charge in [-0.1, -0.05) is 24.3 Å². The van der Waals surface area contributed by atoms with Crippen LogP contribution in [-0.2, 0) is 10.3 Å². The number of hydrogen-bond acceptors (Lipinski definition) is 5. The maximum Gasteiger partial charge on any atom is 0.253 e. The number of piperidine rings is 1. The van der Waals surface area contributed by atoms with Crippen molar-refractivity contribution in [1.29, 1.82) is 0 Å². The summed E-state index contributed by atoms with van der Waals surface area (Å²) in [6.45, 7) is 8.76. The average Bonchev–Trinajstić information content (AvgIpc) is 2.77. The average molecular weight is 454 g/mol. The highest BCUT2D eigenvalue weighted by Gasteiger charge is 2.44. The minimum absolute atomic E-state index is 0.00385. The third-order valence-corrected chi connectivity index (χ3v) is 6.66. The summed E-state index contributed by atoms with van der Waals surface area (Å²) in [5.74, 6) is 1.38. The molecule has 0 aliphatic carbocycles. The zero-order chi connectivity index (χ0) is 23.8. The molecule has 2 aromatic carbocycles. The number of amides is 1. The molecule has 0 radical (unpaired) electrons. The summed E-state index contributed by atoms with van der Waals surface area (Å²) < 4.78 is 18.2. The van der Waals surface area contributed by atoms with Gasteiger partial charge in [-0.15, -0.1) is 0 Å². The van der Waals surface area contributed by atoms with Crippen molar-refractivity contribution in [3.05, 3.63) is 59.2 Å². The first-order chi connectivity index (χ1) is 15.6. The largest absolute Gasteiger partial charge is 0.496 e. The van der Waals surface area contributed by atoms with Crippen LogP contribution in [0, 0.1) is 0 Å². The maximum atomic E-state index is 13.3. The number of benzene rings is 2. The lowest BCUT2D eigenvalue weighted by molar-refractivity contribution is -0.0872. The predicted octanol–water partition coefficient (Wildman–Crippen LogP) is 4.85. The summed E-state index contributed by atoms with van der Waals surface area (Å²) >= 11 is 0. The first kappa shape index (κ1) is 23.6. The molecule has 6 nitrogen and oxygen atoms in total. The Labute approximate surface area is 196 Å². The van der Waals surface area contributed by atoms with Crippen LogP contribution in [0.1, 0.15) is 74.5 Å². The zero-order valence-electron chi connectivity index (χ0n) is 20.3. The van der Waals surface area contributed by atoms with Gasteiger partial charge in [-0.25, -0.2) is 0 Å². The molecule has 0 aromatic heterocycles. The van der Waals surface area contributed by atoms with Crippen LogP contribution in [0.5, 0.6) is 11.5 Å². The monoisotopic (exact) mass is 453 g/mol. The van der Waals surface area contributed by atoms with E-state index in [0.29, 0.717) is 30.0 Å². The first-order valence-corrected chi connectivity index (χ1v) is 11.8. The van der Waals surface area contributed by atoms with Crippen LogP contribution in [0.25, 0.3) is 0 Å². The molecule has 0 bridgehead atoms. The number of para-hydroxylation sites is 1. The van der Waals surface area contributed by atoms with Gasteiger partial charge in [0.15, 0.2) is 0 Å². The Morgan fingerprint density at radius 1 is 1.18 bits per heavy atom. The second kappa shape index (κ2) is 8.99. The van der Waals surface area contributed by atoms with E-state index in [1.54, 1.807) is 39.2 Å². The normalized spacial score (nSPS) is 19.8. The van der Waals surface area contributed by atoms with Crippen molar-refractivity contribution in [2.75, 3.05) is 20.2 Å². The third kappa shape index (κ3) is 4.87. The molecule has 2 aliphatic rings. The van der Waals surface area contributed by atoms with Crippen molar-refractivity contribution < 1.29 is 24.1 Å². The molecule has 6 heteroatoms. The summed E-state index contributed by atoms with van der Waals surface area (Å²) in [6.07, 6.45) is 2.42. The minimum atomic E-state index is -1.05. The van der Waals surface area contributed by atoms with Gasteiger partial charge in [0.05, 0.1) is 24.9 Å². The van der Waals surface area contributed by atoms with Gasteiger partial charge < -0.3 is 24.2 Å². The number of carbonyl (C=O) groups excluding carboxylic acids is 1. The summed E-state index contributed by atoms with van der Waals surface area (Å²) in [5.41, 5.74) is 0.950. The summed E-state index contributed by atoms with van der Waals surface area (Å²) in [7, 11) is 1.55. The van der Waals surface area contributed by atoms with E-state index in [2.05, 4.69) is 19.9 Å². The van der Waals surface area contributed by atoms with Gasteiger partial charge in [-0.3, -0.25) is 4.79 Å². The smallest absolute Gasteiger partial charge is 0.253 e. The van der Waals surface area contributed by atoms with Crippen molar-refractivity contribution in [3.63, 3.8) is 0 Å². The van der Waals surface area contributed by atoms with Crippen molar-refractivity contribution >= 4 is 5.91 Å². The fourth-order valence-electron chi connectivity index (χ4n) is 4.95. The van der Waals surface area contributed by atoms with Gasteiger partial charge in [0.25, 0.3) is 5.91 Å². The number of ether oxygens (including phenoxy) is 3. The number of aliphatic hydroxyl groups is 1. The van der Waals surface area contributed by atoms with Gasteiger partial charge in [0.2, 0.25) is 0 Å². The minimum Gasteiger partial charge on any atom is -0.496 e. The fraction of sp³-hybridized carbons (Fsp3) is 0.519. The van der Waals surface area contributed by atoms with Crippen molar-refractivity contribution in [1.82, 2.24) is 4.90 Å². The lowest BCUT2D eigenvalue weighted by Crippen LogP contribution is -2.52. The van der Waals surface area contributed by atoms with Gasteiger partial charge in [0.1, 0.15) is 17.1 Å². The van der Waals surface area contributed by atoms with Gasteiger partial charge in [-0.05, 0) is 45.9 Å². The molecule has 1 atom stereocenters. The molecule has 1 amide bonds. The Bertz CT molecular complexity index is 1000. The van der Waals surface area contributed by atoms with Gasteiger partial charge in [-0.2, -0.15) is 0 Å².